The van der Waals surface area contributed by atoms with E-state index in [4.69, 9.17) is 0 Å². The maximum absolute atomic E-state index is 9.24. The number of aliphatic hydroxyl groups is 1. The second kappa shape index (κ2) is 7.24. The van der Waals surface area contributed by atoms with E-state index < -0.39 is 0 Å². The van der Waals surface area contributed by atoms with Gasteiger partial charge in [-0.3, -0.25) is 0 Å². The second-order valence-corrected chi connectivity index (χ2v) is 4.93. The van der Waals surface area contributed by atoms with E-state index in [1.165, 1.54) is 0 Å². The highest BCUT2D eigenvalue weighted by Gasteiger charge is 2.16. The minimum absolute atomic E-state index is 0.251. The van der Waals surface area contributed by atoms with E-state index in [9.17, 15) is 5.11 Å². The zero-order valence-corrected chi connectivity index (χ0v) is 10.4. The summed E-state index contributed by atoms with van der Waals surface area (Å²) in [7, 11) is 0. The van der Waals surface area contributed by atoms with E-state index in [1.54, 1.807) is 0 Å². The Labute approximate surface area is 89.1 Å². The molecule has 2 atom stereocenters. The van der Waals surface area contributed by atoms with E-state index >= 15 is 0 Å². The van der Waals surface area contributed by atoms with Crippen molar-refractivity contribution >= 4 is 0 Å². The molecule has 0 aromatic heterocycles. The molecule has 0 rings (SSSR count). The lowest BCUT2D eigenvalue weighted by Gasteiger charge is -2.27. The van der Waals surface area contributed by atoms with E-state index in [1.807, 2.05) is 0 Å². The third-order valence-electron chi connectivity index (χ3n) is 2.67. The largest absolute Gasteiger partial charge is 0.395 e. The fourth-order valence-corrected chi connectivity index (χ4v) is 1.85. The summed E-state index contributed by atoms with van der Waals surface area (Å²) in [6.07, 6.45) is 2.19. The first kappa shape index (κ1) is 13.9. The summed E-state index contributed by atoms with van der Waals surface area (Å²) in [5.41, 5.74) is 0. The average Bonchev–Trinajstić information content (AvgIpc) is 2.10. The van der Waals surface area contributed by atoms with Gasteiger partial charge in [-0.05, 0) is 24.7 Å². The Balaban J connectivity index is 4.00. The fraction of sp³-hybridized carbons (Fsp3) is 1.00. The molecule has 2 N–H and O–H groups in total. The van der Waals surface area contributed by atoms with E-state index in [0.29, 0.717) is 17.9 Å². The molecule has 0 aliphatic rings. The summed E-state index contributed by atoms with van der Waals surface area (Å²) in [5.74, 6) is 1.28. The van der Waals surface area contributed by atoms with Gasteiger partial charge in [-0.25, -0.2) is 0 Å². The Kier molecular flexibility index (Phi) is 7.20. The van der Waals surface area contributed by atoms with E-state index in [2.05, 4.69) is 39.9 Å². The van der Waals surface area contributed by atoms with Gasteiger partial charge in [-0.1, -0.05) is 34.6 Å². The molecule has 0 aliphatic carbocycles. The van der Waals surface area contributed by atoms with Crippen molar-refractivity contribution < 1.29 is 5.11 Å². The van der Waals surface area contributed by atoms with Crippen molar-refractivity contribution in [2.75, 3.05) is 6.61 Å². The Morgan fingerprint density at radius 2 is 1.71 bits per heavy atom. The molecule has 14 heavy (non-hydrogen) atoms. The summed E-state index contributed by atoms with van der Waals surface area (Å²) in [4.78, 5) is 0. The molecule has 0 unspecified atom stereocenters. The summed E-state index contributed by atoms with van der Waals surface area (Å²) >= 11 is 0. The van der Waals surface area contributed by atoms with Crippen LogP contribution in [0.3, 0.4) is 0 Å². The Morgan fingerprint density at radius 1 is 1.14 bits per heavy atom. The molecule has 0 spiro atoms. The smallest absolute Gasteiger partial charge is 0.0584 e. The monoisotopic (exact) mass is 201 g/mol. The number of hydrogen-bond acceptors (Lipinski definition) is 2. The molecule has 0 aliphatic heterocycles. The van der Waals surface area contributed by atoms with Crippen molar-refractivity contribution in [1.29, 1.82) is 0 Å². The van der Waals surface area contributed by atoms with Crippen LogP contribution in [0.2, 0.25) is 0 Å². The van der Waals surface area contributed by atoms with Crippen LogP contribution < -0.4 is 5.32 Å². The molecule has 0 saturated carbocycles. The van der Waals surface area contributed by atoms with Crippen LogP contribution in [0.4, 0.5) is 0 Å². The predicted octanol–water partition coefficient (Wildman–Crippen LogP) is 2.42. The minimum atomic E-state index is 0.251. The second-order valence-electron chi connectivity index (χ2n) is 4.93. The lowest BCUT2D eigenvalue weighted by molar-refractivity contribution is 0.200. The quantitative estimate of drug-likeness (QED) is 0.663. The summed E-state index contributed by atoms with van der Waals surface area (Å²) in [5, 5.41) is 12.8. The third-order valence-corrected chi connectivity index (χ3v) is 2.67. The highest BCUT2D eigenvalue weighted by atomic mass is 16.3. The van der Waals surface area contributed by atoms with Gasteiger partial charge in [0.05, 0.1) is 6.61 Å². The van der Waals surface area contributed by atoms with Crippen LogP contribution in [0.15, 0.2) is 0 Å². The Bertz CT molecular complexity index is 134. The van der Waals surface area contributed by atoms with Crippen molar-refractivity contribution in [3.05, 3.63) is 0 Å². The molecule has 0 heterocycles. The molecule has 0 saturated heterocycles. The van der Waals surface area contributed by atoms with Crippen molar-refractivity contribution in [1.82, 2.24) is 5.32 Å². The van der Waals surface area contributed by atoms with Gasteiger partial charge < -0.3 is 10.4 Å². The fourth-order valence-electron chi connectivity index (χ4n) is 1.85. The first-order valence-electron chi connectivity index (χ1n) is 5.88. The Morgan fingerprint density at radius 3 is 2.00 bits per heavy atom. The predicted molar refractivity (Wildman–Crippen MR) is 62.4 cm³/mol. The number of aliphatic hydroxyl groups excluding tert-OH is 1. The summed E-state index contributed by atoms with van der Waals surface area (Å²) in [6.45, 7) is 11.3. The number of nitrogens with one attached hydrogen (secondary N) is 1. The molecule has 0 aromatic rings. The molecule has 0 fully saturated rings. The zero-order valence-electron chi connectivity index (χ0n) is 10.4. The third kappa shape index (κ3) is 5.61. The molecule has 2 heteroatoms. The van der Waals surface area contributed by atoms with Gasteiger partial charge in [-0.2, -0.15) is 0 Å². The van der Waals surface area contributed by atoms with Crippen LogP contribution in [-0.2, 0) is 0 Å². The van der Waals surface area contributed by atoms with Crippen molar-refractivity contribution in [3.8, 4) is 0 Å². The molecular weight excluding hydrogens is 174 g/mol. The molecule has 2 nitrogen and oxygen atoms in total. The lowest BCUT2D eigenvalue weighted by Crippen LogP contribution is -2.43. The van der Waals surface area contributed by atoms with E-state index in [0.717, 1.165) is 12.8 Å². The van der Waals surface area contributed by atoms with Gasteiger partial charge in [0.15, 0.2) is 0 Å². The first-order valence-corrected chi connectivity index (χ1v) is 5.88. The molecule has 0 bridgehead atoms. The first-order chi connectivity index (χ1) is 6.51. The van der Waals surface area contributed by atoms with Crippen LogP contribution in [0.1, 0.15) is 47.5 Å². The van der Waals surface area contributed by atoms with Gasteiger partial charge in [-0.15, -0.1) is 0 Å². The number of hydrogen-bond donors (Lipinski definition) is 2. The number of rotatable bonds is 7. The molecular formula is C12H27NO. The molecule has 86 valence electrons. The summed E-state index contributed by atoms with van der Waals surface area (Å²) < 4.78 is 0. The van der Waals surface area contributed by atoms with Gasteiger partial charge in [0.2, 0.25) is 0 Å². The van der Waals surface area contributed by atoms with Gasteiger partial charge in [0.1, 0.15) is 0 Å². The molecule has 0 amide bonds. The van der Waals surface area contributed by atoms with Gasteiger partial charge in [0, 0.05) is 12.1 Å². The van der Waals surface area contributed by atoms with Crippen molar-refractivity contribution in [3.63, 3.8) is 0 Å². The SMILES string of the molecule is CC[C@H](N[C@@H](CO)CC(C)C)C(C)C. The normalized spacial score (nSPS) is 16.3. The van der Waals surface area contributed by atoms with Crippen LogP contribution in [0.5, 0.6) is 0 Å². The maximum atomic E-state index is 9.24. The van der Waals surface area contributed by atoms with Gasteiger partial charge in [0.25, 0.3) is 0 Å². The highest BCUT2D eigenvalue weighted by Crippen LogP contribution is 2.10. The molecule has 0 aromatic carbocycles. The van der Waals surface area contributed by atoms with Crippen molar-refractivity contribution in [2.24, 2.45) is 11.8 Å². The van der Waals surface area contributed by atoms with E-state index in [-0.39, 0.29) is 12.6 Å². The topological polar surface area (TPSA) is 32.3 Å². The highest BCUT2D eigenvalue weighted by molar-refractivity contribution is 4.76. The average molecular weight is 201 g/mol. The zero-order chi connectivity index (χ0) is 11.1. The summed E-state index contributed by atoms with van der Waals surface area (Å²) in [6, 6.07) is 0.799. The van der Waals surface area contributed by atoms with Crippen LogP contribution in [0.25, 0.3) is 0 Å². The Hall–Kier alpha value is -0.0800. The lowest BCUT2D eigenvalue weighted by atomic mass is 9.98. The van der Waals surface area contributed by atoms with Crippen LogP contribution >= 0.6 is 0 Å². The standard InChI is InChI=1S/C12H27NO/c1-6-12(10(4)5)13-11(8-14)7-9(2)3/h9-14H,6-8H2,1-5H3/t11-,12+/m1/s1. The van der Waals surface area contributed by atoms with Gasteiger partial charge >= 0.3 is 0 Å². The van der Waals surface area contributed by atoms with Crippen molar-refractivity contribution in [2.45, 2.75) is 59.5 Å². The maximum Gasteiger partial charge on any atom is 0.0584 e. The van der Waals surface area contributed by atoms with Crippen LogP contribution in [-0.4, -0.2) is 23.8 Å². The van der Waals surface area contributed by atoms with Crippen LogP contribution in [0, 0.1) is 11.8 Å². The minimum Gasteiger partial charge on any atom is -0.395 e. The molecule has 0 radical (unpaired) electrons.